The number of hydrogen-bond acceptors (Lipinski definition) is 7. The zero-order valence-corrected chi connectivity index (χ0v) is 19.7. The van der Waals surface area contributed by atoms with Gasteiger partial charge in [-0.25, -0.2) is 9.18 Å². The molecule has 4 rings (SSSR count). The van der Waals surface area contributed by atoms with Crippen molar-refractivity contribution < 1.29 is 23.8 Å². The van der Waals surface area contributed by atoms with Crippen LogP contribution in [0.4, 0.5) is 4.39 Å². The molecule has 0 aliphatic carbocycles. The van der Waals surface area contributed by atoms with Crippen LogP contribution < -0.4 is 5.56 Å². The Hall–Kier alpha value is -3.79. The van der Waals surface area contributed by atoms with E-state index in [0.717, 1.165) is 5.56 Å². The van der Waals surface area contributed by atoms with Crippen molar-refractivity contribution in [3.05, 3.63) is 69.4 Å². The average Bonchev–Trinajstić information content (AvgIpc) is 2.83. The van der Waals surface area contributed by atoms with Crippen LogP contribution in [0.5, 0.6) is 5.75 Å². The summed E-state index contributed by atoms with van der Waals surface area (Å²) in [5.74, 6) is -2.18. The van der Waals surface area contributed by atoms with Gasteiger partial charge in [-0.2, -0.15) is 0 Å². The molecule has 0 saturated carbocycles. The summed E-state index contributed by atoms with van der Waals surface area (Å²) in [5.41, 5.74) is 0.375. The molecule has 0 bridgehead atoms. The summed E-state index contributed by atoms with van der Waals surface area (Å²) < 4.78 is 19.4. The fourth-order valence-corrected chi connectivity index (χ4v) is 4.12. The number of amides is 1. The van der Waals surface area contributed by atoms with E-state index in [1.807, 2.05) is 7.05 Å². The van der Waals surface area contributed by atoms with Crippen LogP contribution in [-0.4, -0.2) is 76.2 Å². The average molecular weight is 483 g/mol. The molecule has 10 heteroatoms. The van der Waals surface area contributed by atoms with Crippen LogP contribution in [-0.2, 0) is 22.5 Å². The zero-order chi connectivity index (χ0) is 25.1. The Morgan fingerprint density at radius 2 is 1.80 bits per heavy atom. The molecule has 184 valence electrons. The number of pyridine rings is 2. The minimum Gasteiger partial charge on any atom is -0.505 e. The first-order valence-electron chi connectivity index (χ1n) is 11.4. The molecular weight excluding hydrogens is 455 g/mol. The van der Waals surface area contributed by atoms with Gasteiger partial charge in [0.05, 0.1) is 12.1 Å². The number of aromatic nitrogens is 2. The van der Waals surface area contributed by atoms with Gasteiger partial charge in [0.15, 0.2) is 11.3 Å². The summed E-state index contributed by atoms with van der Waals surface area (Å²) in [6, 6.07) is 7.65. The van der Waals surface area contributed by atoms with E-state index in [0.29, 0.717) is 38.2 Å². The van der Waals surface area contributed by atoms with Gasteiger partial charge in [-0.15, -0.1) is 0 Å². The summed E-state index contributed by atoms with van der Waals surface area (Å²) in [5, 5.41) is 10.8. The number of esters is 1. The number of nitrogens with zero attached hydrogens (tertiary/aromatic N) is 4. The Morgan fingerprint density at radius 3 is 2.46 bits per heavy atom. The Morgan fingerprint density at radius 1 is 1.11 bits per heavy atom. The van der Waals surface area contributed by atoms with Gasteiger partial charge < -0.3 is 19.6 Å². The highest BCUT2D eigenvalue weighted by atomic mass is 19.1. The maximum absolute atomic E-state index is 13.4. The standard InChI is InChI=1S/C25H27FN4O5/c1-3-35-25(34)21-23(32)22-19(13-17(14-27-22)12-16-4-6-18(26)7-5-16)30(24(21)33)15-20(31)29-10-8-28(2)9-11-29/h4-7,13-14,32H,3,8-12,15H2,1-2H3. The minimum absolute atomic E-state index is 0.0139. The summed E-state index contributed by atoms with van der Waals surface area (Å²) in [6.45, 7) is 3.78. The molecule has 1 amide bonds. The molecule has 1 N–H and O–H groups in total. The lowest BCUT2D eigenvalue weighted by atomic mass is 10.1. The minimum atomic E-state index is -0.977. The van der Waals surface area contributed by atoms with Gasteiger partial charge in [-0.3, -0.25) is 19.1 Å². The molecule has 0 atom stereocenters. The molecule has 35 heavy (non-hydrogen) atoms. The second-order valence-corrected chi connectivity index (χ2v) is 8.53. The van der Waals surface area contributed by atoms with Gasteiger partial charge in [0, 0.05) is 32.4 Å². The number of carbonyl (C=O) groups is 2. The largest absolute Gasteiger partial charge is 0.505 e. The van der Waals surface area contributed by atoms with E-state index in [4.69, 9.17) is 4.74 Å². The molecule has 9 nitrogen and oxygen atoms in total. The summed E-state index contributed by atoms with van der Waals surface area (Å²) in [4.78, 5) is 47.0. The molecule has 1 aromatic carbocycles. The van der Waals surface area contributed by atoms with E-state index in [1.165, 1.54) is 22.9 Å². The van der Waals surface area contributed by atoms with Gasteiger partial charge in [0.2, 0.25) is 5.91 Å². The van der Waals surface area contributed by atoms with Crippen LogP contribution in [0, 0.1) is 5.82 Å². The van der Waals surface area contributed by atoms with Crippen molar-refractivity contribution in [2.75, 3.05) is 39.8 Å². The van der Waals surface area contributed by atoms with Crippen molar-refractivity contribution in [2.24, 2.45) is 0 Å². The molecule has 1 aliphatic rings. The second kappa shape index (κ2) is 10.2. The summed E-state index contributed by atoms with van der Waals surface area (Å²) in [7, 11) is 1.97. The Kier molecular flexibility index (Phi) is 7.11. The third kappa shape index (κ3) is 5.17. The quantitative estimate of drug-likeness (QED) is 0.534. The lowest BCUT2D eigenvalue weighted by Gasteiger charge is -2.32. The highest BCUT2D eigenvalue weighted by Crippen LogP contribution is 2.27. The number of halogens is 1. The topological polar surface area (TPSA) is 105 Å². The number of carbonyl (C=O) groups excluding carboxylic acids is 2. The van der Waals surface area contributed by atoms with Crippen LogP contribution in [0.3, 0.4) is 0 Å². The molecule has 1 aliphatic heterocycles. The van der Waals surface area contributed by atoms with Gasteiger partial charge in [0.1, 0.15) is 17.9 Å². The number of benzene rings is 1. The first-order chi connectivity index (χ1) is 16.8. The molecule has 3 aromatic rings. The Bertz CT molecular complexity index is 1310. The monoisotopic (exact) mass is 482 g/mol. The molecule has 2 aromatic heterocycles. The fourth-order valence-electron chi connectivity index (χ4n) is 4.12. The van der Waals surface area contributed by atoms with E-state index in [9.17, 15) is 23.9 Å². The van der Waals surface area contributed by atoms with Crippen molar-refractivity contribution in [1.29, 1.82) is 0 Å². The number of aromatic hydroxyl groups is 1. The molecule has 1 saturated heterocycles. The predicted molar refractivity (Wildman–Crippen MR) is 127 cm³/mol. The third-order valence-electron chi connectivity index (χ3n) is 6.09. The van der Waals surface area contributed by atoms with E-state index in [2.05, 4.69) is 9.88 Å². The number of likely N-dealkylation sites (N-methyl/N-ethyl adjacent to an activating group) is 1. The molecular formula is C25H27FN4O5. The SMILES string of the molecule is CCOC(=O)c1c(O)c2ncc(Cc3ccc(F)cc3)cc2n(CC(=O)N2CCN(C)CC2)c1=O. The van der Waals surface area contributed by atoms with Gasteiger partial charge in [0.25, 0.3) is 5.56 Å². The first kappa shape index (κ1) is 24.3. The smallest absolute Gasteiger partial charge is 0.347 e. The second-order valence-electron chi connectivity index (χ2n) is 8.53. The van der Waals surface area contributed by atoms with Crippen molar-refractivity contribution in [3.8, 4) is 5.75 Å². The first-order valence-corrected chi connectivity index (χ1v) is 11.4. The lowest BCUT2D eigenvalue weighted by Crippen LogP contribution is -2.48. The van der Waals surface area contributed by atoms with Crippen molar-refractivity contribution in [3.63, 3.8) is 0 Å². The van der Waals surface area contributed by atoms with E-state index in [-0.39, 0.29) is 35.9 Å². The van der Waals surface area contributed by atoms with E-state index >= 15 is 0 Å². The maximum atomic E-state index is 13.4. The molecule has 1 fully saturated rings. The molecule has 0 unspecified atom stereocenters. The van der Waals surface area contributed by atoms with Crippen LogP contribution in [0.25, 0.3) is 11.0 Å². The molecule has 3 heterocycles. The highest BCUT2D eigenvalue weighted by molar-refractivity contribution is 5.98. The van der Waals surface area contributed by atoms with Crippen LogP contribution in [0.15, 0.2) is 41.3 Å². The third-order valence-corrected chi connectivity index (χ3v) is 6.09. The number of piperazine rings is 1. The summed E-state index contributed by atoms with van der Waals surface area (Å²) in [6.07, 6.45) is 1.90. The van der Waals surface area contributed by atoms with Crippen molar-refractivity contribution in [1.82, 2.24) is 19.4 Å². The molecule has 0 spiro atoms. The van der Waals surface area contributed by atoms with E-state index < -0.39 is 22.8 Å². The van der Waals surface area contributed by atoms with Crippen LogP contribution in [0.1, 0.15) is 28.4 Å². The van der Waals surface area contributed by atoms with E-state index in [1.54, 1.807) is 30.0 Å². The van der Waals surface area contributed by atoms with Gasteiger partial charge in [-0.05, 0) is 49.7 Å². The van der Waals surface area contributed by atoms with Crippen LogP contribution in [0.2, 0.25) is 0 Å². The highest BCUT2D eigenvalue weighted by Gasteiger charge is 2.27. The number of ether oxygens (including phenoxy) is 1. The normalized spacial score (nSPS) is 14.3. The number of fused-ring (bicyclic) bond motifs is 1. The number of rotatable bonds is 6. The number of hydrogen-bond donors (Lipinski definition) is 1. The predicted octanol–water partition coefficient (Wildman–Crippen LogP) is 1.78. The maximum Gasteiger partial charge on any atom is 0.347 e. The zero-order valence-electron chi connectivity index (χ0n) is 19.7. The molecule has 0 radical (unpaired) electrons. The van der Waals surface area contributed by atoms with Crippen molar-refractivity contribution in [2.45, 2.75) is 19.9 Å². The summed E-state index contributed by atoms with van der Waals surface area (Å²) >= 11 is 0. The lowest BCUT2D eigenvalue weighted by molar-refractivity contribution is -0.133. The van der Waals surface area contributed by atoms with Crippen LogP contribution >= 0.6 is 0 Å². The Labute approximate surface area is 201 Å². The fraction of sp³-hybridized carbons (Fsp3) is 0.360. The van der Waals surface area contributed by atoms with Crippen molar-refractivity contribution >= 4 is 22.9 Å². The Balaban J connectivity index is 1.79. The van der Waals surface area contributed by atoms with Gasteiger partial charge in [-0.1, -0.05) is 12.1 Å². The van der Waals surface area contributed by atoms with Gasteiger partial charge >= 0.3 is 5.97 Å².